The molecule has 0 radical (unpaired) electrons. The first kappa shape index (κ1) is 36.6. The predicted octanol–water partition coefficient (Wildman–Crippen LogP) is 15.6. The van der Waals surface area contributed by atoms with Crippen LogP contribution < -0.4 is 9.30 Å². The number of benzene rings is 9. The molecule has 0 aliphatic heterocycles. The zero-order valence-corrected chi connectivity index (χ0v) is 41.6. The molecular weight excluding hydrogens is 1060 g/mol. The van der Waals surface area contributed by atoms with Crippen LogP contribution in [0.15, 0.2) is 218 Å². The third-order valence-corrected chi connectivity index (χ3v) is 12.9. The van der Waals surface area contributed by atoms with Crippen molar-refractivity contribution in [3.05, 3.63) is 242 Å². The molecule has 0 bridgehead atoms. The SMILES string of the molecule is [2H]c1c([2H])c([2H])c2c(c1[2H])c1c([2H])c([2H])c([2H])c([2H])c1n2-c1ccc2c(c1)c1ccc(Oc3[c-]c(-n4[c-][n+](-c5c(-c6ccccc6)cccc5-c5ccccc5)c5ccccc54)ccc3)[c-]c1n2-c1cc(CC(C)(C)C)ccn1.[Pt]. The van der Waals surface area contributed by atoms with Crippen molar-refractivity contribution in [2.75, 3.05) is 0 Å². The Morgan fingerprint density at radius 3 is 1.93 bits per heavy atom. The van der Waals surface area contributed by atoms with Crippen LogP contribution in [0.1, 0.15) is 37.3 Å². The maximum Gasteiger partial charge on any atom is 0.268 e. The molecule has 4 heterocycles. The van der Waals surface area contributed by atoms with Crippen LogP contribution in [0.4, 0.5) is 0 Å². The average molecular weight is 1120 g/mol. The van der Waals surface area contributed by atoms with Gasteiger partial charge < -0.3 is 18.4 Å². The molecule has 0 fully saturated rings. The van der Waals surface area contributed by atoms with E-state index in [1.165, 1.54) is 4.57 Å². The topological polar surface area (TPSA) is 40.8 Å². The second-order valence-corrected chi connectivity index (χ2v) is 18.9. The molecule has 350 valence electrons. The number of para-hydroxylation sites is 5. The number of aromatic nitrogens is 5. The molecule has 4 aromatic heterocycles. The fraction of sp³-hybridized carbons (Fsp3) is 0.0769. The third kappa shape index (κ3) is 7.89. The molecular formula is C65H47N5OPt-2. The number of hydrogen-bond donors (Lipinski definition) is 0. The molecule has 0 aliphatic carbocycles. The molecule has 0 aliphatic rings. The van der Waals surface area contributed by atoms with Gasteiger partial charge in [0.15, 0.2) is 0 Å². The predicted molar refractivity (Wildman–Crippen MR) is 288 cm³/mol. The molecule has 72 heavy (non-hydrogen) atoms. The van der Waals surface area contributed by atoms with Crippen molar-refractivity contribution >= 4 is 54.6 Å². The van der Waals surface area contributed by atoms with E-state index in [-0.39, 0.29) is 72.5 Å². The molecule has 0 spiro atoms. The van der Waals surface area contributed by atoms with Crippen LogP contribution in [-0.4, -0.2) is 18.7 Å². The van der Waals surface area contributed by atoms with Crippen molar-refractivity contribution in [3.8, 4) is 56.6 Å². The smallest absolute Gasteiger partial charge is 0.268 e. The van der Waals surface area contributed by atoms with Crippen molar-refractivity contribution < 1.29 is 41.3 Å². The molecule has 13 rings (SSSR count). The van der Waals surface area contributed by atoms with Crippen LogP contribution >= 0.6 is 0 Å². The molecule has 13 aromatic rings. The van der Waals surface area contributed by atoms with Crippen LogP contribution in [0, 0.1) is 23.9 Å². The van der Waals surface area contributed by atoms with Gasteiger partial charge >= 0.3 is 0 Å². The number of imidazole rings is 1. The summed E-state index contributed by atoms with van der Waals surface area (Å²) in [5, 5.41) is 1.52. The van der Waals surface area contributed by atoms with E-state index >= 15 is 0 Å². The quantitative estimate of drug-likeness (QED) is 0.107. The summed E-state index contributed by atoms with van der Waals surface area (Å²) < 4.78 is 85.2. The number of ether oxygens (including phenoxy) is 1. The van der Waals surface area contributed by atoms with Crippen LogP contribution in [0.25, 0.3) is 99.8 Å². The molecule has 9 aromatic carbocycles. The van der Waals surface area contributed by atoms with E-state index in [0.29, 0.717) is 34.2 Å². The first-order chi connectivity index (χ1) is 38.1. The van der Waals surface area contributed by atoms with Gasteiger partial charge in [0.2, 0.25) is 0 Å². The summed E-state index contributed by atoms with van der Waals surface area (Å²) in [6.07, 6.45) is 6.32. The Kier molecular flexibility index (Phi) is 9.22. The molecule has 0 atom stereocenters. The normalized spacial score (nSPS) is 13.3. The molecule has 0 unspecified atom stereocenters. The van der Waals surface area contributed by atoms with Gasteiger partial charge in [0.1, 0.15) is 5.82 Å². The number of rotatable bonds is 9. The minimum atomic E-state index is -0.496. The maximum absolute atomic E-state index is 9.15. The summed E-state index contributed by atoms with van der Waals surface area (Å²) in [5.74, 6) is 1.49. The third-order valence-electron chi connectivity index (χ3n) is 12.9. The molecule has 6 nitrogen and oxygen atoms in total. The van der Waals surface area contributed by atoms with Crippen molar-refractivity contribution in [3.63, 3.8) is 0 Å². The summed E-state index contributed by atoms with van der Waals surface area (Å²) in [7, 11) is 0. The monoisotopic (exact) mass is 1120 g/mol. The first-order valence-corrected chi connectivity index (χ1v) is 23.5. The Bertz CT molecular complexity index is 4510. The van der Waals surface area contributed by atoms with E-state index in [1.54, 1.807) is 12.3 Å². The van der Waals surface area contributed by atoms with Gasteiger partial charge in [-0.05, 0) is 93.1 Å². The zero-order chi connectivity index (χ0) is 54.6. The Labute approximate surface area is 444 Å². The van der Waals surface area contributed by atoms with Crippen LogP contribution in [0.2, 0.25) is 0 Å². The van der Waals surface area contributed by atoms with Gasteiger partial charge in [0.05, 0.1) is 38.7 Å². The van der Waals surface area contributed by atoms with Gasteiger partial charge in [-0.1, -0.05) is 166 Å². The fourth-order valence-electron chi connectivity index (χ4n) is 9.97. The van der Waals surface area contributed by atoms with E-state index in [1.807, 2.05) is 81.9 Å². The van der Waals surface area contributed by atoms with Crippen molar-refractivity contribution in [2.45, 2.75) is 27.2 Å². The molecule has 0 saturated heterocycles. The minimum absolute atomic E-state index is 0. The summed E-state index contributed by atoms with van der Waals surface area (Å²) in [5.41, 5.74) is 10.8. The van der Waals surface area contributed by atoms with Gasteiger partial charge in [0, 0.05) is 60.7 Å². The molecule has 7 heteroatoms. The average Bonchev–Trinajstić information content (AvgIpc) is 3.13. The number of pyridine rings is 1. The van der Waals surface area contributed by atoms with Crippen LogP contribution in [0.3, 0.4) is 0 Å². The van der Waals surface area contributed by atoms with Gasteiger partial charge in [0.25, 0.3) is 6.33 Å². The number of fused-ring (bicyclic) bond motifs is 7. The van der Waals surface area contributed by atoms with E-state index < -0.39 is 24.2 Å². The summed E-state index contributed by atoms with van der Waals surface area (Å²) >= 11 is 0. The van der Waals surface area contributed by atoms with Crippen LogP contribution in [-0.2, 0) is 27.5 Å². The largest absolute Gasteiger partial charge is 0.510 e. The second-order valence-electron chi connectivity index (χ2n) is 18.9. The number of hydrogen-bond acceptors (Lipinski definition) is 2. The van der Waals surface area contributed by atoms with Gasteiger partial charge in [-0.3, -0.25) is 4.57 Å². The fourth-order valence-corrected chi connectivity index (χ4v) is 9.97. The summed E-state index contributed by atoms with van der Waals surface area (Å²) in [6, 6.07) is 58.3. The van der Waals surface area contributed by atoms with Gasteiger partial charge in [-0.25, -0.2) is 4.98 Å². The van der Waals surface area contributed by atoms with Gasteiger partial charge in [-0.2, -0.15) is 18.2 Å². The van der Waals surface area contributed by atoms with Crippen molar-refractivity contribution in [1.29, 1.82) is 0 Å². The molecule has 0 saturated carbocycles. The Hall–Kier alpha value is -8.31. The van der Waals surface area contributed by atoms with E-state index in [2.05, 4.69) is 129 Å². The van der Waals surface area contributed by atoms with Crippen molar-refractivity contribution in [1.82, 2.24) is 18.7 Å². The van der Waals surface area contributed by atoms with Gasteiger partial charge in [-0.15, -0.1) is 29.7 Å². The minimum Gasteiger partial charge on any atom is -0.510 e. The Morgan fingerprint density at radius 1 is 0.569 bits per heavy atom. The molecule has 0 N–H and O–H groups in total. The Balaban J connectivity index is 0.00000637. The Morgan fingerprint density at radius 2 is 1.22 bits per heavy atom. The second kappa shape index (κ2) is 18.1. The van der Waals surface area contributed by atoms with Crippen molar-refractivity contribution in [2.24, 2.45) is 5.41 Å². The first-order valence-electron chi connectivity index (χ1n) is 27.5. The standard InChI is InChI=1S/C65H47N5O.Pt/c1-65(2,3)42-44-36-37-66-63(38-44)70-59-35-32-48(69-57-28-12-10-24-53(57)54-25-11-13-29-58(54)69)40-56(59)55-34-33-50(41-62(55)70)71-49-23-16-22-47(39-49)67-43-68(61-31-15-14-30-60(61)67)64-51(45-18-6-4-7-19-45)26-17-27-52(64)46-20-8-5-9-21-46;/h4-38,40H,42H2,1-3H3;/q-2;/i10D,11D,12D,13D,24D,25D,28D,29D;. The van der Waals surface area contributed by atoms with Crippen LogP contribution in [0.5, 0.6) is 11.5 Å². The summed E-state index contributed by atoms with van der Waals surface area (Å²) in [6.45, 7) is 6.57. The van der Waals surface area contributed by atoms with E-state index in [9.17, 15) is 0 Å². The number of nitrogens with zero attached hydrogens (tertiary/aromatic N) is 5. The zero-order valence-electron chi connectivity index (χ0n) is 47.3. The van der Waals surface area contributed by atoms with E-state index in [0.717, 1.165) is 67.2 Å². The maximum atomic E-state index is 9.15. The van der Waals surface area contributed by atoms with E-state index in [4.69, 9.17) is 20.7 Å². The molecule has 0 amide bonds. The summed E-state index contributed by atoms with van der Waals surface area (Å²) in [4.78, 5) is 4.91.